The maximum atomic E-state index is 4.04. The van der Waals surface area contributed by atoms with Gasteiger partial charge in [0.05, 0.1) is 0 Å². The van der Waals surface area contributed by atoms with Crippen LogP contribution >= 0.6 is 0 Å². The number of hydrogen-bond acceptors (Lipinski definition) is 0. The summed E-state index contributed by atoms with van der Waals surface area (Å²) in [6.45, 7) is 8.66. The highest BCUT2D eigenvalue weighted by molar-refractivity contribution is 4.62. The number of unbranched alkanes of at least 4 members (excludes halogenated alkanes) is 27. The summed E-state index contributed by atoms with van der Waals surface area (Å²) < 4.78 is 0. The summed E-state index contributed by atoms with van der Waals surface area (Å²) in [5.74, 6) is 1.02. The molecule has 0 aromatic carbocycles. The predicted octanol–water partition coefficient (Wildman–Crippen LogP) is 14.3. The molecule has 0 fully saturated rings. The lowest BCUT2D eigenvalue weighted by molar-refractivity contribution is 0.366. The molecule has 0 amide bonds. The highest BCUT2D eigenvalue weighted by Gasteiger charge is 2.08. The van der Waals surface area contributed by atoms with Gasteiger partial charge < -0.3 is 0 Å². The molecule has 0 heterocycles. The third-order valence-corrected chi connectivity index (χ3v) is 8.79. The zero-order valence-electron chi connectivity index (χ0n) is 26.6. The van der Waals surface area contributed by atoms with Crippen molar-refractivity contribution in [1.82, 2.24) is 0 Å². The number of rotatable bonds is 33. The molecule has 0 aliphatic rings. The van der Waals surface area contributed by atoms with Crippen molar-refractivity contribution in [2.45, 2.75) is 226 Å². The second-order valence-electron chi connectivity index (χ2n) is 12.6. The summed E-state index contributed by atoms with van der Waals surface area (Å²) >= 11 is 0. The fraction of sp³-hybridized carbons (Fsp3) is 0.973. The summed E-state index contributed by atoms with van der Waals surface area (Å²) in [7, 11) is 0. The van der Waals surface area contributed by atoms with Crippen molar-refractivity contribution >= 4 is 0 Å². The Morgan fingerprint density at radius 2 is 0.514 bits per heavy atom. The summed E-state index contributed by atoms with van der Waals surface area (Å²) in [6, 6.07) is 0. The maximum Gasteiger partial charge on any atom is -0.0414 e. The molecule has 0 saturated carbocycles. The average Bonchev–Trinajstić information content (AvgIpc) is 2.91. The summed E-state index contributed by atoms with van der Waals surface area (Å²) in [4.78, 5) is 0. The molecule has 0 aromatic heterocycles. The molecule has 0 aromatic rings. The lowest BCUT2D eigenvalue weighted by Gasteiger charge is -2.17. The van der Waals surface area contributed by atoms with Crippen LogP contribution in [-0.2, 0) is 0 Å². The first-order valence-electron chi connectivity index (χ1n) is 18.1. The van der Waals surface area contributed by atoms with Crippen molar-refractivity contribution in [2.75, 3.05) is 0 Å². The van der Waals surface area contributed by atoms with Gasteiger partial charge >= 0.3 is 0 Å². The second-order valence-corrected chi connectivity index (χ2v) is 12.6. The smallest absolute Gasteiger partial charge is 0.0414 e. The van der Waals surface area contributed by atoms with Crippen molar-refractivity contribution < 1.29 is 0 Å². The third-order valence-electron chi connectivity index (χ3n) is 8.79. The highest BCUT2D eigenvalue weighted by atomic mass is 14.1. The van der Waals surface area contributed by atoms with Crippen molar-refractivity contribution in [1.29, 1.82) is 0 Å². The molecule has 0 atom stereocenters. The van der Waals surface area contributed by atoms with E-state index in [0.29, 0.717) is 0 Å². The van der Waals surface area contributed by atoms with E-state index in [9.17, 15) is 0 Å². The highest BCUT2D eigenvalue weighted by Crippen LogP contribution is 2.25. The van der Waals surface area contributed by atoms with Crippen LogP contribution in [0.2, 0.25) is 0 Å². The largest absolute Gasteiger partial charge is 0.0654 e. The molecule has 0 saturated heterocycles. The van der Waals surface area contributed by atoms with Crippen LogP contribution in [0.25, 0.3) is 0 Å². The molecule has 0 aliphatic carbocycles. The molecular formula is C37H75. The van der Waals surface area contributed by atoms with E-state index in [-0.39, 0.29) is 0 Å². The van der Waals surface area contributed by atoms with Gasteiger partial charge in [-0.25, -0.2) is 0 Å². The zero-order chi connectivity index (χ0) is 26.9. The van der Waals surface area contributed by atoms with Gasteiger partial charge in [-0.15, -0.1) is 0 Å². The molecule has 0 heteroatoms. The third kappa shape index (κ3) is 32.1. The minimum Gasteiger partial charge on any atom is -0.0654 e. The van der Waals surface area contributed by atoms with Gasteiger partial charge in [0.2, 0.25) is 0 Å². The Morgan fingerprint density at radius 3 is 0.757 bits per heavy atom. The van der Waals surface area contributed by atoms with Gasteiger partial charge in [-0.2, -0.15) is 0 Å². The molecule has 0 unspecified atom stereocenters. The van der Waals surface area contributed by atoms with E-state index in [1.165, 1.54) is 205 Å². The monoisotopic (exact) mass is 520 g/mol. The minimum absolute atomic E-state index is 1.02. The van der Waals surface area contributed by atoms with Gasteiger partial charge in [0.25, 0.3) is 0 Å². The molecule has 1 radical (unpaired) electrons. The number of hydrogen-bond donors (Lipinski definition) is 0. The average molecular weight is 520 g/mol. The van der Waals surface area contributed by atoms with E-state index in [4.69, 9.17) is 0 Å². The van der Waals surface area contributed by atoms with E-state index < -0.39 is 0 Å². The van der Waals surface area contributed by atoms with Crippen LogP contribution < -0.4 is 0 Å². The normalized spacial score (nSPS) is 11.7. The van der Waals surface area contributed by atoms with Crippen LogP contribution in [0.15, 0.2) is 0 Å². The van der Waals surface area contributed by atoms with E-state index in [1.807, 2.05) is 0 Å². The molecule has 0 spiro atoms. The van der Waals surface area contributed by atoms with E-state index in [0.717, 1.165) is 12.3 Å². The Hall–Kier alpha value is 0. The van der Waals surface area contributed by atoms with Crippen molar-refractivity contribution in [3.8, 4) is 0 Å². The molecule has 0 rings (SSSR count). The van der Waals surface area contributed by atoms with Crippen molar-refractivity contribution in [3.63, 3.8) is 0 Å². The van der Waals surface area contributed by atoms with Gasteiger partial charge in [-0.1, -0.05) is 233 Å². The molecular weight excluding hydrogens is 444 g/mol. The first kappa shape index (κ1) is 37.0. The Morgan fingerprint density at radius 1 is 0.297 bits per heavy atom. The molecule has 223 valence electrons. The van der Waals surface area contributed by atoms with Gasteiger partial charge in [0, 0.05) is 0 Å². The molecule has 0 bridgehead atoms. The SMILES string of the molecule is [CH2]CCCCCC(CCCCCCCCCCCCCCC)CCCCCCCCCCCCCCC. The standard InChI is InChI=1S/C37H75/c1-4-7-10-13-15-17-19-21-23-25-27-29-32-35-37(34-31-12-9-6-3)36-33-30-28-26-24-22-20-18-16-14-11-8-5-2/h37H,3-36H2,1-2H3. The molecule has 0 nitrogen and oxygen atoms in total. The van der Waals surface area contributed by atoms with Crippen molar-refractivity contribution in [3.05, 3.63) is 6.92 Å². The van der Waals surface area contributed by atoms with Crippen LogP contribution in [0.3, 0.4) is 0 Å². The Labute approximate surface area is 238 Å². The van der Waals surface area contributed by atoms with Gasteiger partial charge in [-0.05, 0) is 5.92 Å². The molecule has 0 aliphatic heterocycles. The summed E-state index contributed by atoms with van der Waals surface area (Å²) in [5, 5.41) is 0. The minimum atomic E-state index is 1.02. The Kier molecular flexibility index (Phi) is 34.0. The first-order valence-corrected chi connectivity index (χ1v) is 18.1. The first-order chi connectivity index (χ1) is 18.3. The summed E-state index contributed by atoms with van der Waals surface area (Å²) in [5.41, 5.74) is 0. The van der Waals surface area contributed by atoms with Crippen LogP contribution in [0.5, 0.6) is 0 Å². The predicted molar refractivity (Wildman–Crippen MR) is 173 cm³/mol. The zero-order valence-corrected chi connectivity index (χ0v) is 26.6. The Bertz CT molecular complexity index is 342. The maximum absolute atomic E-state index is 4.04. The molecule has 0 N–H and O–H groups in total. The Balaban J connectivity index is 3.64. The lowest BCUT2D eigenvalue weighted by Crippen LogP contribution is -2.01. The fourth-order valence-corrected chi connectivity index (χ4v) is 6.12. The van der Waals surface area contributed by atoms with Crippen LogP contribution in [-0.4, -0.2) is 0 Å². The molecule has 37 heavy (non-hydrogen) atoms. The lowest BCUT2D eigenvalue weighted by atomic mass is 9.89. The second kappa shape index (κ2) is 34.0. The van der Waals surface area contributed by atoms with Crippen LogP contribution in [0.1, 0.15) is 226 Å². The topological polar surface area (TPSA) is 0 Å². The van der Waals surface area contributed by atoms with Crippen LogP contribution in [0, 0.1) is 12.8 Å². The van der Waals surface area contributed by atoms with Gasteiger partial charge in [0.1, 0.15) is 0 Å². The fourth-order valence-electron chi connectivity index (χ4n) is 6.12. The van der Waals surface area contributed by atoms with E-state index in [2.05, 4.69) is 20.8 Å². The van der Waals surface area contributed by atoms with Crippen LogP contribution in [0.4, 0.5) is 0 Å². The van der Waals surface area contributed by atoms with Gasteiger partial charge in [-0.3, -0.25) is 0 Å². The quantitative estimate of drug-likeness (QED) is 0.0756. The van der Waals surface area contributed by atoms with Gasteiger partial charge in [0.15, 0.2) is 0 Å². The summed E-state index contributed by atoms with van der Waals surface area (Å²) in [6.07, 6.45) is 48.2. The van der Waals surface area contributed by atoms with E-state index >= 15 is 0 Å². The van der Waals surface area contributed by atoms with E-state index in [1.54, 1.807) is 0 Å². The van der Waals surface area contributed by atoms with Crippen molar-refractivity contribution in [2.24, 2.45) is 5.92 Å².